The summed E-state index contributed by atoms with van der Waals surface area (Å²) < 4.78 is 11.5. The van der Waals surface area contributed by atoms with Crippen LogP contribution in [0.5, 0.6) is 0 Å². The first-order chi connectivity index (χ1) is 13.7. The van der Waals surface area contributed by atoms with Gasteiger partial charge in [0.25, 0.3) is 0 Å². The van der Waals surface area contributed by atoms with E-state index < -0.39 is 11.5 Å². The number of ketones is 1. The average molecular weight is 372 g/mol. The van der Waals surface area contributed by atoms with Crippen molar-refractivity contribution >= 4 is 5.78 Å². The highest BCUT2D eigenvalue weighted by atomic mass is 16.7. The Labute approximate surface area is 166 Å². The fraction of sp³-hybridized carbons (Fsp3) is 0.160. The summed E-state index contributed by atoms with van der Waals surface area (Å²) in [4.78, 5) is 13.9. The van der Waals surface area contributed by atoms with Crippen LogP contribution >= 0.6 is 0 Å². The number of hydrogen-bond acceptors (Lipinski definition) is 3. The summed E-state index contributed by atoms with van der Waals surface area (Å²) >= 11 is 0. The van der Waals surface area contributed by atoms with Gasteiger partial charge in [0.1, 0.15) is 6.79 Å². The summed E-state index contributed by atoms with van der Waals surface area (Å²) in [5, 5.41) is 0. The first-order valence-electron chi connectivity index (χ1n) is 9.19. The lowest BCUT2D eigenvalue weighted by Crippen LogP contribution is -2.44. The molecule has 0 aromatic heterocycles. The van der Waals surface area contributed by atoms with Crippen molar-refractivity contribution in [1.82, 2.24) is 0 Å². The molecule has 0 radical (unpaired) electrons. The number of carbonyl (C=O) groups excluding carboxylic acids is 1. The van der Waals surface area contributed by atoms with Crippen molar-refractivity contribution in [3.05, 3.63) is 120 Å². The van der Waals surface area contributed by atoms with Crippen LogP contribution in [0.3, 0.4) is 0 Å². The maximum Gasteiger partial charge on any atom is 0.200 e. The Morgan fingerprint density at radius 2 is 1.46 bits per heavy atom. The third kappa shape index (κ3) is 3.81. The molecule has 0 aliphatic heterocycles. The highest BCUT2D eigenvalue weighted by Crippen LogP contribution is 2.43. The van der Waals surface area contributed by atoms with Crippen molar-refractivity contribution < 1.29 is 14.3 Å². The van der Waals surface area contributed by atoms with Crippen LogP contribution in [-0.2, 0) is 15.1 Å². The van der Waals surface area contributed by atoms with Crippen LogP contribution in [0.25, 0.3) is 0 Å². The topological polar surface area (TPSA) is 35.5 Å². The molecule has 3 aromatic rings. The van der Waals surface area contributed by atoms with Gasteiger partial charge in [-0.3, -0.25) is 4.79 Å². The molecule has 0 heterocycles. The van der Waals surface area contributed by atoms with Crippen LogP contribution in [0.4, 0.5) is 0 Å². The molecule has 3 rings (SSSR count). The summed E-state index contributed by atoms with van der Waals surface area (Å²) in [6, 6.07) is 28.6. The molecule has 3 heteroatoms. The van der Waals surface area contributed by atoms with Crippen molar-refractivity contribution in [1.29, 1.82) is 0 Å². The van der Waals surface area contributed by atoms with Crippen LogP contribution in [0.15, 0.2) is 104 Å². The van der Waals surface area contributed by atoms with Crippen LogP contribution in [0, 0.1) is 0 Å². The molecule has 142 valence electrons. The fourth-order valence-corrected chi connectivity index (χ4v) is 3.53. The van der Waals surface area contributed by atoms with Gasteiger partial charge in [-0.05, 0) is 11.1 Å². The predicted octanol–water partition coefficient (Wildman–Crippen LogP) is 5.36. The second kappa shape index (κ2) is 9.27. The van der Waals surface area contributed by atoms with Gasteiger partial charge in [-0.25, -0.2) is 0 Å². The van der Waals surface area contributed by atoms with E-state index in [0.717, 1.165) is 11.1 Å². The van der Waals surface area contributed by atoms with Crippen molar-refractivity contribution in [2.45, 2.75) is 11.5 Å². The van der Waals surface area contributed by atoms with Gasteiger partial charge in [-0.15, -0.1) is 6.58 Å². The van der Waals surface area contributed by atoms with E-state index in [1.165, 1.54) is 0 Å². The maximum absolute atomic E-state index is 13.9. The molecule has 0 saturated heterocycles. The smallest absolute Gasteiger partial charge is 0.200 e. The quantitative estimate of drug-likeness (QED) is 0.288. The zero-order valence-corrected chi connectivity index (χ0v) is 16.0. The standard InChI is InChI=1S/C25H24O3/c1-3-23(20-13-7-4-8-14-20)25(28-19-27-2,22-17-11-6-12-18-22)24(26)21-15-9-5-10-16-21/h3-18,23H,1,19H2,2H3/t23-,25+/m1/s1. The summed E-state index contributed by atoms with van der Waals surface area (Å²) in [6.45, 7) is 4.02. The summed E-state index contributed by atoms with van der Waals surface area (Å²) in [7, 11) is 1.55. The lowest BCUT2D eigenvalue weighted by Gasteiger charge is -2.38. The molecule has 0 saturated carbocycles. The Bertz CT molecular complexity index is 891. The van der Waals surface area contributed by atoms with Gasteiger partial charge in [-0.1, -0.05) is 97.1 Å². The molecule has 0 aliphatic rings. The number of benzene rings is 3. The third-order valence-corrected chi connectivity index (χ3v) is 4.81. The Morgan fingerprint density at radius 1 is 0.929 bits per heavy atom. The monoisotopic (exact) mass is 372 g/mol. The number of hydrogen-bond donors (Lipinski definition) is 0. The van der Waals surface area contributed by atoms with Crippen molar-refractivity contribution in [2.24, 2.45) is 0 Å². The molecule has 0 aliphatic carbocycles. The SMILES string of the molecule is C=C[C@H](c1ccccc1)[C@](OCOC)(C(=O)c1ccccc1)c1ccccc1. The van der Waals surface area contributed by atoms with Crippen molar-refractivity contribution in [3.63, 3.8) is 0 Å². The fourth-order valence-electron chi connectivity index (χ4n) is 3.53. The summed E-state index contributed by atoms with van der Waals surface area (Å²) in [5.74, 6) is -0.538. The molecule has 3 aromatic carbocycles. The first kappa shape index (κ1) is 19.7. The molecule has 0 unspecified atom stereocenters. The zero-order valence-electron chi connectivity index (χ0n) is 16.0. The van der Waals surface area contributed by atoms with E-state index in [1.807, 2.05) is 78.9 Å². The van der Waals surface area contributed by atoms with E-state index in [4.69, 9.17) is 9.47 Å². The molecule has 0 bridgehead atoms. The first-order valence-corrected chi connectivity index (χ1v) is 9.19. The lowest BCUT2D eigenvalue weighted by atomic mass is 9.72. The van der Waals surface area contributed by atoms with E-state index >= 15 is 0 Å². The second-order valence-corrected chi connectivity index (χ2v) is 6.47. The molecule has 0 spiro atoms. The number of Topliss-reactive ketones (excluding diaryl/α,β-unsaturated/α-hetero) is 1. The van der Waals surface area contributed by atoms with Crippen LogP contribution in [0.1, 0.15) is 27.4 Å². The van der Waals surface area contributed by atoms with E-state index in [1.54, 1.807) is 25.3 Å². The highest BCUT2D eigenvalue weighted by molar-refractivity contribution is 6.04. The molecule has 2 atom stereocenters. The number of carbonyl (C=O) groups is 1. The van der Waals surface area contributed by atoms with Crippen LogP contribution < -0.4 is 0 Å². The summed E-state index contributed by atoms with van der Waals surface area (Å²) in [6.07, 6.45) is 1.78. The second-order valence-electron chi connectivity index (χ2n) is 6.47. The molecule has 0 fully saturated rings. The molecule has 28 heavy (non-hydrogen) atoms. The largest absolute Gasteiger partial charge is 0.359 e. The number of rotatable bonds is 9. The van der Waals surface area contributed by atoms with Gasteiger partial charge in [-0.2, -0.15) is 0 Å². The lowest BCUT2D eigenvalue weighted by molar-refractivity contribution is -0.120. The summed E-state index contributed by atoms with van der Waals surface area (Å²) in [5.41, 5.74) is 0.975. The molecular weight excluding hydrogens is 348 g/mol. The van der Waals surface area contributed by atoms with E-state index in [9.17, 15) is 4.79 Å². The Balaban J connectivity index is 2.26. The van der Waals surface area contributed by atoms with Crippen LogP contribution in [0.2, 0.25) is 0 Å². The minimum atomic E-state index is -1.30. The van der Waals surface area contributed by atoms with E-state index in [2.05, 4.69) is 6.58 Å². The number of ether oxygens (including phenoxy) is 2. The van der Waals surface area contributed by atoms with Crippen LogP contribution in [-0.4, -0.2) is 19.7 Å². The highest BCUT2D eigenvalue weighted by Gasteiger charge is 2.48. The minimum Gasteiger partial charge on any atom is -0.359 e. The van der Waals surface area contributed by atoms with Gasteiger partial charge in [0, 0.05) is 18.6 Å². The van der Waals surface area contributed by atoms with E-state index in [-0.39, 0.29) is 12.6 Å². The predicted molar refractivity (Wildman–Crippen MR) is 111 cm³/mol. The van der Waals surface area contributed by atoms with Gasteiger partial charge < -0.3 is 9.47 Å². The molecular formula is C25H24O3. The Kier molecular flexibility index (Phi) is 6.53. The normalized spacial score (nSPS) is 14.0. The van der Waals surface area contributed by atoms with Gasteiger partial charge in [0.2, 0.25) is 0 Å². The van der Waals surface area contributed by atoms with Gasteiger partial charge >= 0.3 is 0 Å². The molecule has 0 amide bonds. The van der Waals surface area contributed by atoms with Gasteiger partial charge in [0.15, 0.2) is 11.4 Å². The third-order valence-electron chi connectivity index (χ3n) is 4.81. The van der Waals surface area contributed by atoms with Gasteiger partial charge in [0.05, 0.1) is 0 Å². The van der Waals surface area contributed by atoms with Crippen molar-refractivity contribution in [3.8, 4) is 0 Å². The number of methoxy groups -OCH3 is 1. The van der Waals surface area contributed by atoms with Crippen molar-refractivity contribution in [2.75, 3.05) is 13.9 Å². The Morgan fingerprint density at radius 3 is 2.00 bits per heavy atom. The molecule has 3 nitrogen and oxygen atoms in total. The Hall–Kier alpha value is -3.01. The van der Waals surface area contributed by atoms with E-state index in [0.29, 0.717) is 5.56 Å². The molecule has 0 N–H and O–H groups in total. The zero-order chi connectivity index (χ0) is 19.8. The average Bonchev–Trinajstić information content (AvgIpc) is 2.78. The maximum atomic E-state index is 13.9. The minimum absolute atomic E-state index is 0.0232.